The fourth-order valence-corrected chi connectivity index (χ4v) is 2.92. The summed E-state index contributed by atoms with van der Waals surface area (Å²) in [5, 5.41) is 0. The van der Waals surface area contributed by atoms with Crippen LogP contribution in [-0.4, -0.2) is 48.0 Å². The second-order valence-corrected chi connectivity index (χ2v) is 6.28. The lowest BCUT2D eigenvalue weighted by atomic mass is 10.1. The third-order valence-corrected chi connectivity index (χ3v) is 4.39. The number of hydrogen-bond donors (Lipinski definition) is 0. The van der Waals surface area contributed by atoms with E-state index in [1.54, 1.807) is 47.1 Å². The quantitative estimate of drug-likeness (QED) is 0.828. The van der Waals surface area contributed by atoms with Crippen LogP contribution in [0.4, 0.5) is 9.18 Å². The molecule has 6 heteroatoms. The number of carbonyl (C=O) groups is 2. The van der Waals surface area contributed by atoms with Gasteiger partial charge in [-0.2, -0.15) is 0 Å². The Bertz CT molecular complexity index is 795. The topological polar surface area (TPSA) is 49.9 Å². The summed E-state index contributed by atoms with van der Waals surface area (Å²) in [6.45, 7) is 3.52. The van der Waals surface area contributed by atoms with Gasteiger partial charge in [-0.05, 0) is 49.2 Å². The van der Waals surface area contributed by atoms with E-state index >= 15 is 0 Å². The molecule has 0 saturated carbocycles. The fraction of sp³-hybridized carbons (Fsp3) is 0.300. The van der Waals surface area contributed by atoms with Crippen molar-refractivity contribution in [3.05, 3.63) is 65.5 Å². The third kappa shape index (κ3) is 4.20. The van der Waals surface area contributed by atoms with E-state index in [0.29, 0.717) is 49.5 Å². The van der Waals surface area contributed by atoms with Crippen LogP contribution in [0.5, 0.6) is 5.75 Å². The average Bonchev–Trinajstić information content (AvgIpc) is 2.90. The second-order valence-electron chi connectivity index (χ2n) is 6.28. The number of halogens is 1. The Hall–Kier alpha value is -2.89. The van der Waals surface area contributed by atoms with Gasteiger partial charge in [-0.1, -0.05) is 18.2 Å². The SMILES string of the molecule is Cc1cc(C(=O)N2CCCN(C(=O)Oc3ccccc3)CC2)ccc1F. The molecule has 0 radical (unpaired) electrons. The van der Waals surface area contributed by atoms with Crippen molar-refractivity contribution in [1.82, 2.24) is 9.80 Å². The first kappa shape index (κ1) is 17.9. The van der Waals surface area contributed by atoms with Crippen LogP contribution in [-0.2, 0) is 0 Å². The highest BCUT2D eigenvalue weighted by Crippen LogP contribution is 2.15. The van der Waals surface area contributed by atoms with Crippen molar-refractivity contribution < 1.29 is 18.7 Å². The molecule has 1 fully saturated rings. The van der Waals surface area contributed by atoms with Crippen molar-refractivity contribution in [3.8, 4) is 5.75 Å². The van der Waals surface area contributed by atoms with Gasteiger partial charge in [0.1, 0.15) is 11.6 Å². The molecule has 0 bridgehead atoms. The number of ether oxygens (including phenoxy) is 1. The molecular weight excluding hydrogens is 335 g/mol. The predicted octanol–water partition coefficient (Wildman–Crippen LogP) is 3.48. The van der Waals surface area contributed by atoms with Gasteiger partial charge < -0.3 is 14.5 Å². The lowest BCUT2D eigenvalue weighted by Crippen LogP contribution is -2.38. The van der Waals surface area contributed by atoms with Crippen LogP contribution in [0.3, 0.4) is 0 Å². The van der Waals surface area contributed by atoms with Gasteiger partial charge in [0, 0.05) is 31.7 Å². The molecule has 0 spiro atoms. The summed E-state index contributed by atoms with van der Waals surface area (Å²) in [5.74, 6) is 0.0232. The maximum atomic E-state index is 13.4. The molecule has 3 rings (SSSR count). The van der Waals surface area contributed by atoms with E-state index in [9.17, 15) is 14.0 Å². The van der Waals surface area contributed by atoms with Crippen molar-refractivity contribution in [2.24, 2.45) is 0 Å². The van der Waals surface area contributed by atoms with Crippen LogP contribution in [0.2, 0.25) is 0 Å². The molecule has 5 nitrogen and oxygen atoms in total. The molecule has 2 aromatic carbocycles. The Labute approximate surface area is 152 Å². The highest BCUT2D eigenvalue weighted by Gasteiger charge is 2.24. The van der Waals surface area contributed by atoms with Gasteiger partial charge in [-0.3, -0.25) is 4.79 Å². The molecule has 2 amide bonds. The van der Waals surface area contributed by atoms with Crippen LogP contribution in [0.1, 0.15) is 22.3 Å². The Balaban J connectivity index is 1.61. The summed E-state index contributed by atoms with van der Waals surface area (Å²) in [7, 11) is 0. The van der Waals surface area contributed by atoms with Crippen molar-refractivity contribution in [3.63, 3.8) is 0 Å². The zero-order valence-electron chi connectivity index (χ0n) is 14.7. The third-order valence-electron chi connectivity index (χ3n) is 4.39. The fourth-order valence-electron chi connectivity index (χ4n) is 2.92. The van der Waals surface area contributed by atoms with Crippen molar-refractivity contribution in [1.29, 1.82) is 0 Å². The van der Waals surface area contributed by atoms with Crippen LogP contribution in [0.15, 0.2) is 48.5 Å². The molecule has 2 aromatic rings. The van der Waals surface area contributed by atoms with Crippen LogP contribution in [0.25, 0.3) is 0 Å². The van der Waals surface area contributed by atoms with Gasteiger partial charge in [0.05, 0.1) is 0 Å². The molecular formula is C20H21FN2O3. The van der Waals surface area contributed by atoms with Crippen molar-refractivity contribution in [2.75, 3.05) is 26.2 Å². The van der Waals surface area contributed by atoms with E-state index in [0.717, 1.165) is 0 Å². The summed E-state index contributed by atoms with van der Waals surface area (Å²) in [5.41, 5.74) is 0.906. The number of amides is 2. The summed E-state index contributed by atoms with van der Waals surface area (Å²) in [6, 6.07) is 13.3. The Morgan fingerprint density at radius 1 is 0.962 bits per heavy atom. The van der Waals surface area contributed by atoms with Gasteiger partial charge >= 0.3 is 6.09 Å². The van der Waals surface area contributed by atoms with Crippen LogP contribution >= 0.6 is 0 Å². The molecule has 0 atom stereocenters. The molecule has 1 aliphatic rings. The van der Waals surface area contributed by atoms with Crippen LogP contribution < -0.4 is 4.74 Å². The van der Waals surface area contributed by atoms with E-state index < -0.39 is 6.09 Å². The van der Waals surface area contributed by atoms with Crippen molar-refractivity contribution >= 4 is 12.0 Å². The standard InChI is InChI=1S/C20H21FN2O3/c1-15-14-16(8-9-18(15)21)19(24)22-10-5-11-23(13-12-22)20(25)26-17-6-3-2-4-7-17/h2-4,6-9,14H,5,10-13H2,1H3. The largest absolute Gasteiger partial charge is 0.415 e. The molecule has 0 N–H and O–H groups in total. The lowest BCUT2D eigenvalue weighted by molar-refractivity contribution is 0.0760. The van der Waals surface area contributed by atoms with Gasteiger partial charge in [0.15, 0.2) is 0 Å². The molecule has 0 aromatic heterocycles. The molecule has 0 aliphatic carbocycles. The van der Waals surface area contributed by atoms with E-state index in [1.165, 1.54) is 12.1 Å². The summed E-state index contributed by atoms with van der Waals surface area (Å²) >= 11 is 0. The molecule has 1 heterocycles. The Morgan fingerprint density at radius 3 is 2.38 bits per heavy atom. The smallest absolute Gasteiger partial charge is 0.410 e. The average molecular weight is 356 g/mol. The molecule has 26 heavy (non-hydrogen) atoms. The molecule has 0 unspecified atom stereocenters. The van der Waals surface area contributed by atoms with Gasteiger partial charge in [-0.15, -0.1) is 0 Å². The number of hydrogen-bond acceptors (Lipinski definition) is 3. The second kappa shape index (κ2) is 7.99. The number of carbonyl (C=O) groups excluding carboxylic acids is 2. The maximum absolute atomic E-state index is 13.4. The first-order valence-electron chi connectivity index (χ1n) is 8.62. The minimum absolute atomic E-state index is 0.147. The number of rotatable bonds is 2. The molecule has 136 valence electrons. The number of aryl methyl sites for hydroxylation is 1. The number of benzene rings is 2. The summed E-state index contributed by atoms with van der Waals surface area (Å²) in [4.78, 5) is 28.3. The lowest BCUT2D eigenvalue weighted by Gasteiger charge is -2.22. The number of para-hydroxylation sites is 1. The number of nitrogens with zero attached hydrogens (tertiary/aromatic N) is 2. The van der Waals surface area contributed by atoms with E-state index in [2.05, 4.69) is 0 Å². The molecule has 1 saturated heterocycles. The van der Waals surface area contributed by atoms with Gasteiger partial charge in [0.2, 0.25) is 0 Å². The normalized spacial score (nSPS) is 14.7. The molecule has 1 aliphatic heterocycles. The predicted molar refractivity (Wildman–Crippen MR) is 95.7 cm³/mol. The highest BCUT2D eigenvalue weighted by atomic mass is 19.1. The maximum Gasteiger partial charge on any atom is 0.415 e. The van der Waals surface area contributed by atoms with E-state index in [1.807, 2.05) is 6.07 Å². The van der Waals surface area contributed by atoms with E-state index in [4.69, 9.17) is 4.74 Å². The van der Waals surface area contributed by atoms with Gasteiger partial charge in [0.25, 0.3) is 5.91 Å². The monoisotopic (exact) mass is 356 g/mol. The van der Waals surface area contributed by atoms with Crippen LogP contribution in [0, 0.1) is 12.7 Å². The summed E-state index contributed by atoms with van der Waals surface area (Å²) in [6.07, 6.45) is 0.249. The highest BCUT2D eigenvalue weighted by molar-refractivity contribution is 5.94. The Morgan fingerprint density at radius 2 is 1.65 bits per heavy atom. The minimum Gasteiger partial charge on any atom is -0.410 e. The first-order chi connectivity index (χ1) is 12.5. The Kier molecular flexibility index (Phi) is 5.51. The zero-order valence-corrected chi connectivity index (χ0v) is 14.7. The van der Waals surface area contributed by atoms with Gasteiger partial charge in [-0.25, -0.2) is 9.18 Å². The summed E-state index contributed by atoms with van der Waals surface area (Å²) < 4.78 is 18.8. The first-order valence-corrected chi connectivity index (χ1v) is 8.62. The van der Waals surface area contributed by atoms with E-state index in [-0.39, 0.29) is 11.7 Å². The zero-order chi connectivity index (χ0) is 18.5. The minimum atomic E-state index is -0.414. The van der Waals surface area contributed by atoms with Crippen molar-refractivity contribution in [2.45, 2.75) is 13.3 Å².